The number of hydrogen-bond donors (Lipinski definition) is 1. The first-order chi connectivity index (χ1) is 17.6. The lowest BCUT2D eigenvalue weighted by atomic mass is 9.95. The maximum absolute atomic E-state index is 12.7. The average Bonchev–Trinajstić information content (AvgIpc) is 3.34. The van der Waals surface area contributed by atoms with Crippen LogP contribution in [0.1, 0.15) is 38.1 Å². The lowest BCUT2D eigenvalue weighted by Crippen LogP contribution is -2.17. The van der Waals surface area contributed by atoms with Crippen LogP contribution in [0.25, 0.3) is 22.5 Å². The van der Waals surface area contributed by atoms with E-state index < -0.39 is 0 Å². The molecule has 1 saturated carbocycles. The number of hydrogen-bond acceptors (Lipinski definition) is 4. The van der Waals surface area contributed by atoms with Gasteiger partial charge in [-0.3, -0.25) is 9.36 Å². The van der Waals surface area contributed by atoms with Gasteiger partial charge in [-0.05, 0) is 42.2 Å². The third kappa shape index (κ3) is 5.77. The van der Waals surface area contributed by atoms with Crippen LogP contribution in [0.3, 0.4) is 0 Å². The molecule has 1 aliphatic rings. The van der Waals surface area contributed by atoms with Crippen molar-refractivity contribution in [1.29, 1.82) is 0 Å². The molecule has 0 spiro atoms. The highest BCUT2D eigenvalue weighted by Crippen LogP contribution is 2.36. The van der Waals surface area contributed by atoms with Gasteiger partial charge in [0.1, 0.15) is 0 Å². The molecule has 0 bridgehead atoms. The molecule has 3 aromatic carbocycles. The Bertz CT molecular complexity index is 1340. The molecule has 1 aliphatic carbocycles. The molecular weight excluding hydrogens is 511 g/mol. The van der Waals surface area contributed by atoms with Crippen LogP contribution in [0.15, 0.2) is 78.0 Å². The van der Waals surface area contributed by atoms with Gasteiger partial charge in [-0.1, -0.05) is 109 Å². The van der Waals surface area contributed by atoms with E-state index >= 15 is 0 Å². The Morgan fingerprint density at radius 2 is 1.58 bits per heavy atom. The van der Waals surface area contributed by atoms with Crippen molar-refractivity contribution in [1.82, 2.24) is 14.8 Å². The Labute approximate surface area is 225 Å². The summed E-state index contributed by atoms with van der Waals surface area (Å²) in [6.45, 7) is 0. The SMILES string of the molecule is O=C(CSc1nnc(-c2ccc(-c3ccccc3)cc2)n1C1CCCCC1)Nc1ccc(Cl)cc1Cl. The third-order valence-electron chi connectivity index (χ3n) is 6.39. The van der Waals surface area contributed by atoms with E-state index in [1.807, 2.05) is 18.2 Å². The van der Waals surface area contributed by atoms with Gasteiger partial charge in [-0.15, -0.1) is 10.2 Å². The van der Waals surface area contributed by atoms with E-state index in [9.17, 15) is 4.79 Å². The lowest BCUT2D eigenvalue weighted by molar-refractivity contribution is -0.113. The maximum atomic E-state index is 12.7. The summed E-state index contributed by atoms with van der Waals surface area (Å²) in [4.78, 5) is 12.7. The molecule has 184 valence electrons. The number of amides is 1. The Kier molecular flexibility index (Phi) is 7.95. The Morgan fingerprint density at radius 3 is 2.31 bits per heavy atom. The van der Waals surface area contributed by atoms with Gasteiger partial charge in [0.15, 0.2) is 11.0 Å². The monoisotopic (exact) mass is 536 g/mol. The normalized spacial score (nSPS) is 14.1. The van der Waals surface area contributed by atoms with Crippen molar-refractivity contribution in [2.75, 3.05) is 11.1 Å². The summed E-state index contributed by atoms with van der Waals surface area (Å²) in [6, 6.07) is 24.1. The first kappa shape index (κ1) is 24.9. The molecule has 1 N–H and O–H groups in total. The molecule has 36 heavy (non-hydrogen) atoms. The quantitative estimate of drug-likeness (QED) is 0.242. The number of benzene rings is 3. The minimum absolute atomic E-state index is 0.156. The summed E-state index contributed by atoms with van der Waals surface area (Å²) in [6.07, 6.45) is 5.82. The summed E-state index contributed by atoms with van der Waals surface area (Å²) in [7, 11) is 0. The van der Waals surface area contributed by atoms with Gasteiger partial charge in [-0.25, -0.2) is 0 Å². The van der Waals surface area contributed by atoms with Crippen molar-refractivity contribution in [3.8, 4) is 22.5 Å². The van der Waals surface area contributed by atoms with E-state index in [0.717, 1.165) is 34.9 Å². The second kappa shape index (κ2) is 11.5. The van der Waals surface area contributed by atoms with E-state index in [-0.39, 0.29) is 11.7 Å². The molecule has 0 unspecified atom stereocenters. The van der Waals surface area contributed by atoms with E-state index in [0.29, 0.717) is 21.8 Å². The van der Waals surface area contributed by atoms with Crippen molar-refractivity contribution >= 4 is 46.6 Å². The molecule has 4 aromatic rings. The Hall–Kier alpha value is -2.80. The fourth-order valence-electron chi connectivity index (χ4n) is 4.59. The Morgan fingerprint density at radius 1 is 0.889 bits per heavy atom. The number of nitrogens with one attached hydrogen (secondary N) is 1. The zero-order chi connectivity index (χ0) is 24.9. The van der Waals surface area contributed by atoms with Crippen molar-refractivity contribution in [2.45, 2.75) is 43.3 Å². The second-order valence-electron chi connectivity index (χ2n) is 8.87. The van der Waals surface area contributed by atoms with E-state index in [1.165, 1.54) is 36.6 Å². The fourth-order valence-corrected chi connectivity index (χ4v) is 5.85. The van der Waals surface area contributed by atoms with Crippen LogP contribution in [-0.4, -0.2) is 26.4 Å². The number of halogens is 2. The van der Waals surface area contributed by atoms with Gasteiger partial charge in [0, 0.05) is 16.6 Å². The summed E-state index contributed by atoms with van der Waals surface area (Å²) in [5, 5.41) is 13.6. The van der Waals surface area contributed by atoms with Crippen molar-refractivity contribution in [2.24, 2.45) is 0 Å². The zero-order valence-corrected chi connectivity index (χ0v) is 22.0. The van der Waals surface area contributed by atoms with E-state index in [2.05, 4.69) is 56.5 Å². The van der Waals surface area contributed by atoms with Crippen LogP contribution >= 0.6 is 35.0 Å². The third-order valence-corrected chi connectivity index (χ3v) is 7.88. The predicted octanol–water partition coefficient (Wildman–Crippen LogP) is 8.15. The van der Waals surface area contributed by atoms with Crippen LogP contribution in [-0.2, 0) is 4.79 Å². The molecule has 5 rings (SSSR count). The Balaban J connectivity index is 1.36. The lowest BCUT2D eigenvalue weighted by Gasteiger charge is -2.25. The van der Waals surface area contributed by atoms with E-state index in [4.69, 9.17) is 23.2 Å². The fraction of sp³-hybridized carbons (Fsp3) is 0.250. The van der Waals surface area contributed by atoms with Gasteiger partial charge in [0.25, 0.3) is 0 Å². The molecule has 0 radical (unpaired) electrons. The van der Waals surface area contributed by atoms with Gasteiger partial charge < -0.3 is 5.32 Å². The number of carbonyl (C=O) groups is 1. The van der Waals surface area contributed by atoms with Crippen LogP contribution in [0, 0.1) is 0 Å². The minimum Gasteiger partial charge on any atom is -0.324 e. The van der Waals surface area contributed by atoms with Gasteiger partial charge >= 0.3 is 0 Å². The van der Waals surface area contributed by atoms with E-state index in [1.54, 1.807) is 18.2 Å². The molecule has 1 heterocycles. The smallest absolute Gasteiger partial charge is 0.234 e. The minimum atomic E-state index is -0.156. The van der Waals surface area contributed by atoms with Gasteiger partial charge in [0.2, 0.25) is 5.91 Å². The van der Waals surface area contributed by atoms with Crippen LogP contribution in [0.2, 0.25) is 10.0 Å². The zero-order valence-electron chi connectivity index (χ0n) is 19.7. The van der Waals surface area contributed by atoms with Crippen molar-refractivity contribution in [3.63, 3.8) is 0 Å². The number of nitrogens with zero attached hydrogens (tertiary/aromatic N) is 3. The molecule has 0 saturated heterocycles. The molecule has 5 nitrogen and oxygen atoms in total. The molecule has 1 amide bonds. The highest BCUT2D eigenvalue weighted by atomic mass is 35.5. The second-order valence-corrected chi connectivity index (χ2v) is 10.7. The van der Waals surface area contributed by atoms with Gasteiger partial charge in [-0.2, -0.15) is 0 Å². The van der Waals surface area contributed by atoms with Crippen LogP contribution < -0.4 is 5.32 Å². The van der Waals surface area contributed by atoms with Gasteiger partial charge in [0.05, 0.1) is 16.5 Å². The summed E-state index contributed by atoms with van der Waals surface area (Å²) < 4.78 is 2.24. The van der Waals surface area contributed by atoms with Crippen LogP contribution in [0.5, 0.6) is 0 Å². The van der Waals surface area contributed by atoms with Crippen LogP contribution in [0.4, 0.5) is 5.69 Å². The van der Waals surface area contributed by atoms with Crippen molar-refractivity contribution in [3.05, 3.63) is 82.8 Å². The molecule has 0 atom stereocenters. The first-order valence-corrected chi connectivity index (χ1v) is 13.8. The topological polar surface area (TPSA) is 59.8 Å². The number of carbonyl (C=O) groups excluding carboxylic acids is 1. The number of anilines is 1. The number of aromatic nitrogens is 3. The summed E-state index contributed by atoms with van der Waals surface area (Å²) in [5.74, 6) is 0.901. The average molecular weight is 538 g/mol. The maximum Gasteiger partial charge on any atom is 0.234 e. The molecular formula is C28H26Cl2N4OS. The first-order valence-electron chi connectivity index (χ1n) is 12.1. The van der Waals surface area contributed by atoms with Crippen molar-refractivity contribution < 1.29 is 4.79 Å². The number of thioether (sulfide) groups is 1. The molecule has 8 heteroatoms. The molecule has 1 fully saturated rings. The molecule has 0 aliphatic heterocycles. The highest BCUT2D eigenvalue weighted by Gasteiger charge is 2.24. The standard InChI is InChI=1S/C28H26Cl2N4OS/c29-22-15-16-25(24(30)17-22)31-26(35)18-36-28-33-32-27(34(28)23-9-5-2-6-10-23)21-13-11-20(12-14-21)19-7-3-1-4-8-19/h1,3-4,7-8,11-17,23H,2,5-6,9-10,18H2,(H,31,35). The predicted molar refractivity (Wildman–Crippen MR) is 149 cm³/mol. The largest absolute Gasteiger partial charge is 0.324 e. The summed E-state index contributed by atoms with van der Waals surface area (Å²) >= 11 is 13.6. The highest BCUT2D eigenvalue weighted by molar-refractivity contribution is 7.99. The summed E-state index contributed by atoms with van der Waals surface area (Å²) in [5.41, 5.74) is 3.91. The molecule has 1 aromatic heterocycles. The number of rotatable bonds is 7.